The van der Waals surface area contributed by atoms with Crippen LogP contribution in [0.15, 0.2) is 72.8 Å². The van der Waals surface area contributed by atoms with Crippen LogP contribution in [0.4, 0.5) is 0 Å². The van der Waals surface area contributed by atoms with Crippen LogP contribution in [0.1, 0.15) is 44.7 Å². The molecule has 0 fully saturated rings. The van der Waals surface area contributed by atoms with E-state index in [2.05, 4.69) is 69.3 Å². The van der Waals surface area contributed by atoms with Crippen LogP contribution in [-0.4, -0.2) is 9.97 Å². The standard InChI is InChI=1S/C24H22N2.C2H6/c1-16(2)20-15-14-17(3)21-24(20)26-23(19-12-8-5-9-13-19)22(25-21)18-10-6-4-7-11-18;1-2/h4-16H,1-3H3;1-2H3. The van der Waals surface area contributed by atoms with Crippen LogP contribution in [0.25, 0.3) is 33.5 Å². The first kappa shape index (κ1) is 19.8. The molecule has 0 unspecified atom stereocenters. The second-order valence-corrected chi connectivity index (χ2v) is 6.98. The number of aryl methyl sites for hydroxylation is 1. The van der Waals surface area contributed by atoms with Crippen LogP contribution >= 0.6 is 0 Å². The molecule has 2 heteroatoms. The summed E-state index contributed by atoms with van der Waals surface area (Å²) in [5.41, 5.74) is 8.48. The Morgan fingerprint density at radius 1 is 0.607 bits per heavy atom. The second kappa shape index (κ2) is 8.79. The van der Waals surface area contributed by atoms with Gasteiger partial charge < -0.3 is 0 Å². The van der Waals surface area contributed by atoms with Crippen molar-refractivity contribution in [1.82, 2.24) is 9.97 Å². The first-order valence-corrected chi connectivity index (χ1v) is 10.1. The zero-order valence-corrected chi connectivity index (χ0v) is 17.4. The molecule has 28 heavy (non-hydrogen) atoms. The average Bonchev–Trinajstić information content (AvgIpc) is 2.76. The summed E-state index contributed by atoms with van der Waals surface area (Å²) >= 11 is 0. The molecule has 0 amide bonds. The molecule has 2 nitrogen and oxygen atoms in total. The van der Waals surface area contributed by atoms with E-state index in [1.54, 1.807) is 0 Å². The van der Waals surface area contributed by atoms with Crippen LogP contribution in [-0.2, 0) is 0 Å². The first-order valence-electron chi connectivity index (χ1n) is 10.1. The molecule has 0 spiro atoms. The third kappa shape index (κ3) is 3.82. The molecule has 0 aliphatic carbocycles. The lowest BCUT2D eigenvalue weighted by Crippen LogP contribution is -2.00. The van der Waals surface area contributed by atoms with Gasteiger partial charge in [-0.05, 0) is 24.0 Å². The molecule has 0 N–H and O–H groups in total. The molecule has 142 valence electrons. The van der Waals surface area contributed by atoms with E-state index in [4.69, 9.17) is 9.97 Å². The van der Waals surface area contributed by atoms with Crippen molar-refractivity contribution in [3.05, 3.63) is 83.9 Å². The highest BCUT2D eigenvalue weighted by Crippen LogP contribution is 2.34. The summed E-state index contributed by atoms with van der Waals surface area (Å²) in [5, 5.41) is 0. The van der Waals surface area contributed by atoms with Crippen molar-refractivity contribution in [1.29, 1.82) is 0 Å². The summed E-state index contributed by atoms with van der Waals surface area (Å²) in [6, 6.07) is 25.0. The Bertz CT molecular complexity index is 1050. The molecule has 4 rings (SSSR count). The molecule has 4 aromatic rings. The van der Waals surface area contributed by atoms with Gasteiger partial charge in [-0.1, -0.05) is 100 Å². The lowest BCUT2D eigenvalue weighted by Gasteiger charge is -2.15. The van der Waals surface area contributed by atoms with Gasteiger partial charge in [-0.2, -0.15) is 0 Å². The minimum absolute atomic E-state index is 0.401. The summed E-state index contributed by atoms with van der Waals surface area (Å²) in [7, 11) is 0. The van der Waals surface area contributed by atoms with Crippen molar-refractivity contribution in [2.75, 3.05) is 0 Å². The highest BCUT2D eigenvalue weighted by molar-refractivity contribution is 5.89. The highest BCUT2D eigenvalue weighted by atomic mass is 14.8. The SMILES string of the molecule is CC.Cc1ccc(C(C)C)c2nc(-c3ccccc3)c(-c3ccccc3)nc12. The van der Waals surface area contributed by atoms with Gasteiger partial charge in [0.1, 0.15) is 0 Å². The molecule has 0 atom stereocenters. The maximum Gasteiger partial charge on any atom is 0.0973 e. The van der Waals surface area contributed by atoms with Gasteiger partial charge in [-0.25, -0.2) is 9.97 Å². The van der Waals surface area contributed by atoms with Crippen molar-refractivity contribution in [3.63, 3.8) is 0 Å². The zero-order valence-electron chi connectivity index (χ0n) is 17.4. The molecule has 0 saturated heterocycles. The van der Waals surface area contributed by atoms with E-state index in [1.807, 2.05) is 38.1 Å². The maximum absolute atomic E-state index is 5.14. The molecular formula is C26H28N2. The van der Waals surface area contributed by atoms with Gasteiger partial charge in [0.2, 0.25) is 0 Å². The quantitative estimate of drug-likeness (QED) is 0.376. The number of hydrogen-bond acceptors (Lipinski definition) is 2. The van der Waals surface area contributed by atoms with Crippen LogP contribution in [0.2, 0.25) is 0 Å². The molecule has 1 aromatic heterocycles. The van der Waals surface area contributed by atoms with Crippen molar-refractivity contribution in [2.45, 2.75) is 40.5 Å². The Morgan fingerprint density at radius 3 is 1.54 bits per heavy atom. The number of benzene rings is 3. The van der Waals surface area contributed by atoms with Gasteiger partial charge in [0.05, 0.1) is 22.4 Å². The first-order chi connectivity index (χ1) is 13.6. The average molecular weight is 369 g/mol. The molecule has 0 radical (unpaired) electrons. The van der Waals surface area contributed by atoms with Crippen molar-refractivity contribution < 1.29 is 0 Å². The largest absolute Gasteiger partial charge is 0.244 e. The third-order valence-corrected chi connectivity index (χ3v) is 4.77. The minimum atomic E-state index is 0.401. The predicted molar refractivity (Wildman–Crippen MR) is 121 cm³/mol. The summed E-state index contributed by atoms with van der Waals surface area (Å²) in [6.07, 6.45) is 0. The lowest BCUT2D eigenvalue weighted by molar-refractivity contribution is 0.871. The second-order valence-electron chi connectivity index (χ2n) is 6.98. The molecule has 3 aromatic carbocycles. The van der Waals surface area contributed by atoms with Crippen molar-refractivity contribution >= 4 is 11.0 Å². The normalized spacial score (nSPS) is 10.6. The van der Waals surface area contributed by atoms with Crippen LogP contribution in [0.3, 0.4) is 0 Å². The Labute approximate surface area is 168 Å². The molecule has 0 aliphatic rings. The maximum atomic E-state index is 5.14. The fourth-order valence-electron chi connectivity index (χ4n) is 3.34. The van der Waals surface area contributed by atoms with E-state index in [9.17, 15) is 0 Å². The number of hydrogen-bond donors (Lipinski definition) is 0. The fraction of sp³-hybridized carbons (Fsp3) is 0.231. The predicted octanol–water partition coefficient (Wildman–Crippen LogP) is 7.42. The number of rotatable bonds is 3. The van der Waals surface area contributed by atoms with E-state index >= 15 is 0 Å². The lowest BCUT2D eigenvalue weighted by atomic mass is 9.97. The van der Waals surface area contributed by atoms with Crippen LogP contribution in [0.5, 0.6) is 0 Å². The van der Waals surface area contributed by atoms with Crippen LogP contribution in [0, 0.1) is 6.92 Å². The topological polar surface area (TPSA) is 25.8 Å². The van der Waals surface area contributed by atoms with Gasteiger partial charge in [0.15, 0.2) is 0 Å². The summed E-state index contributed by atoms with van der Waals surface area (Å²) in [6.45, 7) is 10.5. The van der Waals surface area contributed by atoms with Gasteiger partial charge in [-0.3, -0.25) is 0 Å². The Hall–Kier alpha value is -3.00. The fourth-order valence-corrected chi connectivity index (χ4v) is 3.34. The highest BCUT2D eigenvalue weighted by Gasteiger charge is 2.17. The third-order valence-electron chi connectivity index (χ3n) is 4.77. The molecular weight excluding hydrogens is 340 g/mol. The number of fused-ring (bicyclic) bond motifs is 1. The monoisotopic (exact) mass is 368 g/mol. The van der Waals surface area contributed by atoms with E-state index in [0.717, 1.165) is 39.1 Å². The molecule has 0 aliphatic heterocycles. The molecule has 0 saturated carbocycles. The molecule has 1 heterocycles. The minimum Gasteiger partial charge on any atom is -0.244 e. The molecule has 0 bridgehead atoms. The van der Waals surface area contributed by atoms with Gasteiger partial charge in [0.25, 0.3) is 0 Å². The zero-order chi connectivity index (χ0) is 20.1. The number of aromatic nitrogens is 2. The number of nitrogens with zero attached hydrogens (tertiary/aromatic N) is 2. The van der Waals surface area contributed by atoms with Crippen LogP contribution < -0.4 is 0 Å². The van der Waals surface area contributed by atoms with E-state index in [1.165, 1.54) is 5.56 Å². The summed E-state index contributed by atoms with van der Waals surface area (Å²) < 4.78 is 0. The van der Waals surface area contributed by atoms with E-state index < -0.39 is 0 Å². The van der Waals surface area contributed by atoms with Crippen molar-refractivity contribution in [3.8, 4) is 22.5 Å². The van der Waals surface area contributed by atoms with E-state index in [0.29, 0.717) is 5.92 Å². The summed E-state index contributed by atoms with van der Waals surface area (Å²) in [5.74, 6) is 0.401. The Balaban J connectivity index is 0.00000109. The van der Waals surface area contributed by atoms with Gasteiger partial charge >= 0.3 is 0 Å². The Kier molecular flexibility index (Phi) is 6.20. The van der Waals surface area contributed by atoms with Crippen molar-refractivity contribution in [2.24, 2.45) is 0 Å². The smallest absolute Gasteiger partial charge is 0.0973 e. The van der Waals surface area contributed by atoms with Gasteiger partial charge in [0, 0.05) is 11.1 Å². The Morgan fingerprint density at radius 2 is 1.07 bits per heavy atom. The van der Waals surface area contributed by atoms with E-state index in [-0.39, 0.29) is 0 Å². The van der Waals surface area contributed by atoms with Gasteiger partial charge in [-0.15, -0.1) is 0 Å². The summed E-state index contributed by atoms with van der Waals surface area (Å²) in [4.78, 5) is 10.2.